The Morgan fingerprint density at radius 3 is 2.58 bits per heavy atom. The quantitative estimate of drug-likeness (QED) is 0.563. The van der Waals surface area contributed by atoms with Gasteiger partial charge in [-0.25, -0.2) is 0 Å². The molecule has 0 aromatic rings. The van der Waals surface area contributed by atoms with Crippen LogP contribution in [0.15, 0.2) is 12.7 Å². The second-order valence-electron chi connectivity index (χ2n) is 6.25. The van der Waals surface area contributed by atoms with Crippen molar-refractivity contribution in [1.29, 1.82) is 0 Å². The summed E-state index contributed by atoms with van der Waals surface area (Å²) in [5, 5.41) is 0. The van der Waals surface area contributed by atoms with Crippen molar-refractivity contribution in [2.75, 3.05) is 0 Å². The van der Waals surface area contributed by atoms with E-state index in [-0.39, 0.29) is 5.92 Å². The second kappa shape index (κ2) is 6.49. The average Bonchev–Trinajstić information content (AvgIpc) is 2.71. The lowest BCUT2D eigenvalue weighted by Gasteiger charge is -2.37. The van der Waals surface area contributed by atoms with E-state index in [2.05, 4.69) is 6.58 Å². The van der Waals surface area contributed by atoms with Gasteiger partial charge in [-0.15, -0.1) is 6.58 Å². The van der Waals surface area contributed by atoms with E-state index in [1.165, 1.54) is 0 Å². The average molecular weight is 262 g/mol. The summed E-state index contributed by atoms with van der Waals surface area (Å²) in [5.41, 5.74) is -0.403. The smallest absolute Gasteiger partial charge is 0.140 e. The number of carbonyl (C=O) groups is 2. The van der Waals surface area contributed by atoms with Crippen molar-refractivity contribution in [2.24, 2.45) is 11.3 Å². The van der Waals surface area contributed by atoms with Crippen molar-refractivity contribution in [3.63, 3.8) is 0 Å². The SMILES string of the molecule is C=CCC1(C2CCCCCC2=O)CCCCCC1=O. The van der Waals surface area contributed by atoms with Crippen LogP contribution in [0.3, 0.4) is 0 Å². The molecule has 2 atom stereocenters. The monoisotopic (exact) mass is 262 g/mol. The molecule has 2 aliphatic carbocycles. The highest BCUT2D eigenvalue weighted by molar-refractivity contribution is 5.93. The molecule has 0 aliphatic heterocycles. The maximum atomic E-state index is 12.7. The first-order chi connectivity index (χ1) is 9.20. The van der Waals surface area contributed by atoms with Gasteiger partial charge < -0.3 is 0 Å². The first kappa shape index (κ1) is 14.5. The van der Waals surface area contributed by atoms with Gasteiger partial charge in [-0.3, -0.25) is 9.59 Å². The summed E-state index contributed by atoms with van der Waals surface area (Å²) >= 11 is 0. The molecule has 2 heteroatoms. The van der Waals surface area contributed by atoms with Crippen LogP contribution < -0.4 is 0 Å². The van der Waals surface area contributed by atoms with Gasteiger partial charge >= 0.3 is 0 Å². The molecule has 2 aliphatic rings. The van der Waals surface area contributed by atoms with E-state index in [0.29, 0.717) is 30.8 Å². The minimum absolute atomic E-state index is 0.0291. The first-order valence-electron chi connectivity index (χ1n) is 7.87. The predicted molar refractivity (Wildman–Crippen MR) is 76.9 cm³/mol. The molecule has 2 unspecified atom stereocenters. The van der Waals surface area contributed by atoms with Gasteiger partial charge in [0.15, 0.2) is 0 Å². The molecule has 0 amide bonds. The third-order valence-electron chi connectivity index (χ3n) is 5.06. The Balaban J connectivity index is 2.32. The maximum Gasteiger partial charge on any atom is 0.140 e. The van der Waals surface area contributed by atoms with Gasteiger partial charge in [0.1, 0.15) is 11.6 Å². The highest BCUT2D eigenvalue weighted by Crippen LogP contribution is 2.46. The molecule has 2 saturated carbocycles. The molecule has 2 fully saturated rings. The minimum atomic E-state index is -0.403. The molecule has 0 aromatic carbocycles. The van der Waals surface area contributed by atoms with Gasteiger partial charge in [0, 0.05) is 24.2 Å². The number of hydrogen-bond donors (Lipinski definition) is 0. The largest absolute Gasteiger partial charge is 0.299 e. The summed E-state index contributed by atoms with van der Waals surface area (Å²) in [4.78, 5) is 25.1. The van der Waals surface area contributed by atoms with Gasteiger partial charge in [0.25, 0.3) is 0 Å². The van der Waals surface area contributed by atoms with E-state index in [1.807, 2.05) is 6.08 Å². The summed E-state index contributed by atoms with van der Waals surface area (Å²) in [7, 11) is 0. The molecule has 2 rings (SSSR count). The topological polar surface area (TPSA) is 34.1 Å². The number of allylic oxidation sites excluding steroid dienone is 1. The van der Waals surface area contributed by atoms with Gasteiger partial charge in [0.05, 0.1) is 0 Å². The van der Waals surface area contributed by atoms with E-state index >= 15 is 0 Å². The van der Waals surface area contributed by atoms with E-state index in [4.69, 9.17) is 0 Å². The number of ketones is 2. The first-order valence-corrected chi connectivity index (χ1v) is 7.87. The molecule has 2 nitrogen and oxygen atoms in total. The Kier molecular flexibility index (Phi) is 4.95. The fraction of sp³-hybridized carbons (Fsp3) is 0.765. The third-order valence-corrected chi connectivity index (χ3v) is 5.06. The van der Waals surface area contributed by atoms with Crippen molar-refractivity contribution >= 4 is 11.6 Å². The summed E-state index contributed by atoms with van der Waals surface area (Å²) in [6.45, 7) is 3.84. The normalized spacial score (nSPS) is 33.6. The third kappa shape index (κ3) is 2.98. The van der Waals surface area contributed by atoms with Crippen LogP contribution in [-0.2, 0) is 9.59 Å². The molecule has 0 radical (unpaired) electrons. The minimum Gasteiger partial charge on any atom is -0.299 e. The van der Waals surface area contributed by atoms with Gasteiger partial charge in [0.2, 0.25) is 0 Å². The van der Waals surface area contributed by atoms with Crippen molar-refractivity contribution in [3.05, 3.63) is 12.7 Å². The molecular formula is C17H26O2. The molecule has 0 spiro atoms. The highest BCUT2D eigenvalue weighted by atomic mass is 16.1. The molecule has 0 saturated heterocycles. The van der Waals surface area contributed by atoms with Crippen LogP contribution in [0.25, 0.3) is 0 Å². The summed E-state index contributed by atoms with van der Waals surface area (Å²) < 4.78 is 0. The summed E-state index contributed by atoms with van der Waals surface area (Å²) in [6, 6.07) is 0. The molecule has 0 bridgehead atoms. The van der Waals surface area contributed by atoms with Crippen molar-refractivity contribution in [1.82, 2.24) is 0 Å². The van der Waals surface area contributed by atoms with E-state index in [9.17, 15) is 9.59 Å². The highest BCUT2D eigenvalue weighted by Gasteiger charge is 2.47. The fourth-order valence-corrected chi connectivity index (χ4v) is 4.02. The van der Waals surface area contributed by atoms with E-state index in [0.717, 1.165) is 51.4 Å². The Morgan fingerprint density at radius 2 is 1.79 bits per heavy atom. The molecule has 0 aromatic heterocycles. The predicted octanol–water partition coefficient (Wildman–Crippen LogP) is 4.23. The van der Waals surface area contributed by atoms with Crippen LogP contribution in [0.2, 0.25) is 0 Å². The zero-order valence-electron chi connectivity index (χ0n) is 12.0. The number of Topliss-reactive ketones (excluding diaryl/α,β-unsaturated/α-hetero) is 2. The standard InChI is InChI=1S/C17H26O2/c1-2-12-17(13-8-4-7-11-16(17)19)14-9-5-3-6-10-15(14)18/h2,14H,1,3-13H2. The van der Waals surface area contributed by atoms with Crippen LogP contribution in [0.1, 0.15) is 70.6 Å². The second-order valence-corrected chi connectivity index (χ2v) is 6.25. The van der Waals surface area contributed by atoms with Crippen molar-refractivity contribution < 1.29 is 9.59 Å². The van der Waals surface area contributed by atoms with Gasteiger partial charge in [-0.2, -0.15) is 0 Å². The van der Waals surface area contributed by atoms with Crippen LogP contribution in [-0.4, -0.2) is 11.6 Å². The number of carbonyl (C=O) groups excluding carboxylic acids is 2. The molecular weight excluding hydrogens is 236 g/mol. The van der Waals surface area contributed by atoms with Crippen LogP contribution in [0.4, 0.5) is 0 Å². The van der Waals surface area contributed by atoms with Gasteiger partial charge in [-0.05, 0) is 32.1 Å². The zero-order chi connectivity index (χ0) is 13.7. The molecule has 19 heavy (non-hydrogen) atoms. The zero-order valence-corrected chi connectivity index (χ0v) is 12.0. The molecule has 0 N–H and O–H groups in total. The maximum absolute atomic E-state index is 12.7. The van der Waals surface area contributed by atoms with Crippen LogP contribution in [0.5, 0.6) is 0 Å². The molecule has 106 valence electrons. The summed E-state index contributed by atoms with van der Waals surface area (Å²) in [6.07, 6.45) is 12.2. The number of rotatable bonds is 3. The lowest BCUT2D eigenvalue weighted by atomic mass is 9.64. The van der Waals surface area contributed by atoms with Crippen LogP contribution in [0, 0.1) is 11.3 Å². The Morgan fingerprint density at radius 1 is 1.05 bits per heavy atom. The molecule has 0 heterocycles. The Labute approximate surface area is 116 Å². The van der Waals surface area contributed by atoms with Gasteiger partial charge in [-0.1, -0.05) is 31.8 Å². The van der Waals surface area contributed by atoms with E-state index in [1.54, 1.807) is 0 Å². The fourth-order valence-electron chi connectivity index (χ4n) is 4.02. The Hall–Kier alpha value is -0.920. The summed E-state index contributed by atoms with van der Waals surface area (Å²) in [5.74, 6) is 0.651. The number of hydrogen-bond acceptors (Lipinski definition) is 2. The van der Waals surface area contributed by atoms with Crippen LogP contribution >= 0.6 is 0 Å². The van der Waals surface area contributed by atoms with Crippen molar-refractivity contribution in [3.8, 4) is 0 Å². The Bertz CT molecular complexity index is 358. The van der Waals surface area contributed by atoms with E-state index < -0.39 is 5.41 Å². The lowest BCUT2D eigenvalue weighted by Crippen LogP contribution is -2.41. The lowest BCUT2D eigenvalue weighted by molar-refractivity contribution is -0.140. The van der Waals surface area contributed by atoms with Crippen molar-refractivity contribution in [2.45, 2.75) is 70.6 Å².